The standard InChI is InChI=1S/C26H44O21/c1-7-16(44-23-14(34)17(10(30)4-41-23)45-22-13(33)11(31)8(28)3-40-22)18(46-25-20(36)26(38,5-27)6-42-25)15(35)24(43-7)47-19-12(32)9(29)2-39-21(19)37/h7-25,27-38H,2-6H2,1H3/t7-,8+,9-,10+,11-,12-,13+,14+,15+,16-,17-,18-,19+,20-,21+,22-,23-,24-,25-,26+/m0/s1. The highest BCUT2D eigenvalue weighted by molar-refractivity contribution is 4.98. The first kappa shape index (κ1) is 37.4. The summed E-state index contributed by atoms with van der Waals surface area (Å²) in [6, 6.07) is 0. The van der Waals surface area contributed by atoms with E-state index in [0.29, 0.717) is 0 Å². The molecular formula is C26H44O21. The Balaban J connectivity index is 1.34. The molecule has 274 valence electrons. The fraction of sp³-hybridized carbons (Fsp3) is 1.00. The van der Waals surface area contributed by atoms with Crippen LogP contribution in [0.3, 0.4) is 0 Å². The second kappa shape index (κ2) is 15.2. The maximum Gasteiger partial charge on any atom is 0.187 e. The van der Waals surface area contributed by atoms with E-state index in [9.17, 15) is 61.3 Å². The van der Waals surface area contributed by atoms with Crippen LogP contribution >= 0.6 is 0 Å². The van der Waals surface area contributed by atoms with Crippen LogP contribution in [0.15, 0.2) is 0 Å². The number of ether oxygens (including phenoxy) is 9. The molecule has 12 N–H and O–H groups in total. The minimum atomic E-state index is -2.12. The molecule has 5 aliphatic heterocycles. The number of aliphatic hydroxyl groups excluding tert-OH is 11. The van der Waals surface area contributed by atoms with Gasteiger partial charge in [-0.3, -0.25) is 0 Å². The summed E-state index contributed by atoms with van der Waals surface area (Å²) < 4.78 is 49.7. The number of hydrogen-bond donors (Lipinski definition) is 12. The van der Waals surface area contributed by atoms with E-state index in [1.807, 2.05) is 0 Å². The zero-order valence-corrected chi connectivity index (χ0v) is 25.0. The molecule has 20 atom stereocenters. The minimum Gasteiger partial charge on any atom is -0.393 e. The summed E-state index contributed by atoms with van der Waals surface area (Å²) in [4.78, 5) is 0. The van der Waals surface area contributed by atoms with Crippen LogP contribution in [0.25, 0.3) is 0 Å². The molecule has 0 aromatic heterocycles. The van der Waals surface area contributed by atoms with E-state index < -0.39 is 156 Å². The molecule has 0 aliphatic carbocycles. The number of hydrogen-bond acceptors (Lipinski definition) is 21. The monoisotopic (exact) mass is 692 g/mol. The maximum atomic E-state index is 11.4. The Hall–Kier alpha value is -0.840. The summed E-state index contributed by atoms with van der Waals surface area (Å²) in [6.45, 7) is -1.38. The minimum absolute atomic E-state index is 0.406. The predicted octanol–water partition coefficient (Wildman–Crippen LogP) is -8.34. The lowest BCUT2D eigenvalue weighted by molar-refractivity contribution is -0.385. The van der Waals surface area contributed by atoms with Gasteiger partial charge in [0, 0.05) is 0 Å². The van der Waals surface area contributed by atoms with E-state index >= 15 is 0 Å². The van der Waals surface area contributed by atoms with Crippen LogP contribution in [-0.2, 0) is 42.6 Å². The van der Waals surface area contributed by atoms with Crippen LogP contribution in [0.5, 0.6) is 0 Å². The molecule has 21 heteroatoms. The van der Waals surface area contributed by atoms with Crippen molar-refractivity contribution in [3.63, 3.8) is 0 Å². The molecule has 5 rings (SSSR count). The Morgan fingerprint density at radius 2 is 1.09 bits per heavy atom. The summed E-state index contributed by atoms with van der Waals surface area (Å²) >= 11 is 0. The van der Waals surface area contributed by atoms with Crippen molar-refractivity contribution < 1.29 is 104 Å². The fourth-order valence-electron chi connectivity index (χ4n) is 5.86. The SMILES string of the molecule is C[C@@H]1O[C@@H](O[C@@H]2[C@@H](O)[C@@H](O)CO[C@H]2O)[C@H](O)[C@H](O[C@@H]2OC[C@](O)(CO)[C@H]2O)[C@H]1O[C@@H]1OC[C@@H](O)[C@H](O[C@@H]2OC[C@@H](O)[C@H](O)[C@H]2O)[C@H]1O. The molecule has 0 radical (unpaired) electrons. The van der Waals surface area contributed by atoms with E-state index in [0.717, 1.165) is 0 Å². The summed E-state index contributed by atoms with van der Waals surface area (Å²) in [6.07, 6.45) is -30.7. The van der Waals surface area contributed by atoms with Crippen LogP contribution < -0.4 is 0 Å². The molecule has 0 saturated carbocycles. The third-order valence-electron chi connectivity index (χ3n) is 8.83. The van der Waals surface area contributed by atoms with E-state index in [-0.39, 0.29) is 0 Å². The van der Waals surface area contributed by atoms with Gasteiger partial charge >= 0.3 is 0 Å². The predicted molar refractivity (Wildman–Crippen MR) is 141 cm³/mol. The molecule has 0 aromatic carbocycles. The van der Waals surface area contributed by atoms with Crippen molar-refractivity contribution in [1.29, 1.82) is 0 Å². The average Bonchev–Trinajstić information content (AvgIpc) is 3.33. The molecule has 5 fully saturated rings. The van der Waals surface area contributed by atoms with Gasteiger partial charge in [-0.25, -0.2) is 0 Å². The zero-order chi connectivity index (χ0) is 34.4. The van der Waals surface area contributed by atoms with Gasteiger partial charge in [-0.05, 0) is 6.92 Å². The van der Waals surface area contributed by atoms with Gasteiger partial charge in [0.25, 0.3) is 0 Å². The quantitative estimate of drug-likeness (QED) is 0.107. The molecule has 0 aromatic rings. The summed E-state index contributed by atoms with van der Waals surface area (Å²) in [5.41, 5.74) is -2.12. The largest absolute Gasteiger partial charge is 0.393 e. The van der Waals surface area contributed by atoms with Gasteiger partial charge in [-0.1, -0.05) is 0 Å². The first-order valence-electron chi connectivity index (χ1n) is 15.0. The van der Waals surface area contributed by atoms with E-state index in [2.05, 4.69) is 0 Å². The summed E-state index contributed by atoms with van der Waals surface area (Å²) in [5, 5.41) is 124. The molecule has 0 unspecified atom stereocenters. The lowest BCUT2D eigenvalue weighted by atomic mass is 9.97. The van der Waals surface area contributed by atoms with Crippen molar-refractivity contribution in [2.45, 2.75) is 129 Å². The highest BCUT2D eigenvalue weighted by Crippen LogP contribution is 2.35. The van der Waals surface area contributed by atoms with Gasteiger partial charge in [0.15, 0.2) is 31.5 Å². The van der Waals surface area contributed by atoms with Gasteiger partial charge in [0.05, 0.1) is 39.1 Å². The Labute approximate surface area is 266 Å². The van der Waals surface area contributed by atoms with E-state index in [1.54, 1.807) is 0 Å². The Bertz CT molecular complexity index is 1010. The third-order valence-corrected chi connectivity index (χ3v) is 8.83. The Kier molecular flexibility index (Phi) is 12.1. The zero-order valence-electron chi connectivity index (χ0n) is 25.0. The maximum absolute atomic E-state index is 11.4. The average molecular weight is 693 g/mol. The highest BCUT2D eigenvalue weighted by Gasteiger charge is 2.56. The normalized spacial score (nSPS) is 54.4. The fourth-order valence-corrected chi connectivity index (χ4v) is 5.86. The molecule has 0 bridgehead atoms. The van der Waals surface area contributed by atoms with Gasteiger partial charge in [-0.15, -0.1) is 0 Å². The van der Waals surface area contributed by atoms with Gasteiger partial charge < -0.3 is 104 Å². The molecule has 47 heavy (non-hydrogen) atoms. The molecule has 5 aliphatic rings. The highest BCUT2D eigenvalue weighted by atomic mass is 16.8. The first-order chi connectivity index (χ1) is 22.2. The van der Waals surface area contributed by atoms with Crippen LogP contribution in [0.2, 0.25) is 0 Å². The van der Waals surface area contributed by atoms with Crippen LogP contribution in [0.4, 0.5) is 0 Å². The number of rotatable bonds is 9. The van der Waals surface area contributed by atoms with Gasteiger partial charge in [0.2, 0.25) is 0 Å². The lowest BCUT2D eigenvalue weighted by Gasteiger charge is -2.48. The lowest BCUT2D eigenvalue weighted by Crippen LogP contribution is -2.65. The third kappa shape index (κ3) is 7.61. The topological polar surface area (TPSA) is 326 Å². The summed E-state index contributed by atoms with van der Waals surface area (Å²) in [5.74, 6) is 0. The van der Waals surface area contributed by atoms with Crippen molar-refractivity contribution in [3.05, 3.63) is 0 Å². The molecule has 21 nitrogen and oxygen atoms in total. The van der Waals surface area contributed by atoms with Crippen LogP contribution in [0.1, 0.15) is 6.92 Å². The van der Waals surface area contributed by atoms with Crippen molar-refractivity contribution in [3.8, 4) is 0 Å². The van der Waals surface area contributed by atoms with Gasteiger partial charge in [-0.2, -0.15) is 0 Å². The van der Waals surface area contributed by atoms with Crippen LogP contribution in [0, 0.1) is 0 Å². The van der Waals surface area contributed by atoms with Crippen molar-refractivity contribution >= 4 is 0 Å². The second-order valence-electron chi connectivity index (χ2n) is 12.3. The van der Waals surface area contributed by atoms with E-state index in [1.165, 1.54) is 6.92 Å². The van der Waals surface area contributed by atoms with Crippen molar-refractivity contribution in [2.75, 3.05) is 33.0 Å². The second-order valence-corrected chi connectivity index (χ2v) is 12.3. The van der Waals surface area contributed by atoms with Crippen molar-refractivity contribution in [1.82, 2.24) is 0 Å². The molecule has 5 heterocycles. The molecular weight excluding hydrogens is 648 g/mol. The Morgan fingerprint density at radius 3 is 1.74 bits per heavy atom. The van der Waals surface area contributed by atoms with Crippen molar-refractivity contribution in [2.24, 2.45) is 0 Å². The molecule has 0 spiro atoms. The molecule has 5 saturated heterocycles. The first-order valence-corrected chi connectivity index (χ1v) is 15.0. The number of aliphatic hydroxyl groups is 12. The molecule has 0 amide bonds. The summed E-state index contributed by atoms with van der Waals surface area (Å²) in [7, 11) is 0. The smallest absolute Gasteiger partial charge is 0.187 e. The van der Waals surface area contributed by atoms with Gasteiger partial charge in [0.1, 0.15) is 85.0 Å². The van der Waals surface area contributed by atoms with E-state index in [4.69, 9.17) is 42.6 Å². The van der Waals surface area contributed by atoms with Crippen LogP contribution in [-0.4, -0.2) is 217 Å². The Morgan fingerprint density at radius 1 is 0.553 bits per heavy atom.